The van der Waals surface area contributed by atoms with Crippen molar-refractivity contribution >= 4 is 33.0 Å². The molecule has 1 N–H and O–H groups in total. The molecular formula is C28H31ClN2O3S. The SMILES string of the molecule is CC(C)C(=O)Nc1ccc(Cl)c(C2CCN(Cc3ccc(S(=O)(=O)c4ccccc4)cc3)CC2)c1. The standard InChI is InChI=1S/C28H31ClN2O3S/c1-20(2)28(32)30-23-10-13-27(29)26(18-23)22-14-16-31(17-15-22)19-21-8-11-25(12-9-21)35(33,34)24-6-4-3-5-7-24/h3-13,18,20,22H,14-17,19H2,1-2H3,(H,30,32). The van der Waals surface area contributed by atoms with Crippen LogP contribution in [0.5, 0.6) is 0 Å². The van der Waals surface area contributed by atoms with Gasteiger partial charge < -0.3 is 5.32 Å². The van der Waals surface area contributed by atoms with Crippen LogP contribution in [-0.4, -0.2) is 32.3 Å². The summed E-state index contributed by atoms with van der Waals surface area (Å²) in [5.74, 6) is 0.258. The van der Waals surface area contributed by atoms with Gasteiger partial charge >= 0.3 is 0 Å². The summed E-state index contributed by atoms with van der Waals surface area (Å²) in [6, 6.07) is 21.4. The van der Waals surface area contributed by atoms with Crippen LogP contribution in [0.2, 0.25) is 5.02 Å². The smallest absolute Gasteiger partial charge is 0.226 e. The Balaban J connectivity index is 1.36. The number of nitrogens with one attached hydrogen (secondary N) is 1. The highest BCUT2D eigenvalue weighted by atomic mass is 35.5. The quantitative estimate of drug-likeness (QED) is 0.414. The molecule has 4 rings (SSSR count). The van der Waals surface area contributed by atoms with Crippen LogP contribution >= 0.6 is 11.6 Å². The highest BCUT2D eigenvalue weighted by Gasteiger charge is 2.23. The molecule has 5 nitrogen and oxygen atoms in total. The van der Waals surface area contributed by atoms with Crippen molar-refractivity contribution in [2.24, 2.45) is 5.92 Å². The van der Waals surface area contributed by atoms with Crippen molar-refractivity contribution in [3.63, 3.8) is 0 Å². The maximum atomic E-state index is 12.8. The van der Waals surface area contributed by atoms with E-state index in [9.17, 15) is 13.2 Å². The summed E-state index contributed by atoms with van der Waals surface area (Å²) in [6.45, 7) is 6.37. The number of anilines is 1. The molecule has 1 fully saturated rings. The molecule has 0 radical (unpaired) electrons. The van der Waals surface area contributed by atoms with Crippen molar-refractivity contribution in [1.29, 1.82) is 0 Å². The Morgan fingerprint density at radius 3 is 2.23 bits per heavy atom. The lowest BCUT2D eigenvalue weighted by Gasteiger charge is -2.32. The van der Waals surface area contributed by atoms with E-state index in [4.69, 9.17) is 11.6 Å². The highest BCUT2D eigenvalue weighted by molar-refractivity contribution is 7.91. The number of piperidine rings is 1. The van der Waals surface area contributed by atoms with Crippen LogP contribution in [0, 0.1) is 5.92 Å². The zero-order chi connectivity index (χ0) is 25.0. The molecule has 1 heterocycles. The normalized spacial score (nSPS) is 15.3. The number of carbonyl (C=O) groups excluding carboxylic acids is 1. The van der Waals surface area contributed by atoms with Gasteiger partial charge in [-0.05, 0) is 85.4 Å². The van der Waals surface area contributed by atoms with E-state index >= 15 is 0 Å². The third-order valence-electron chi connectivity index (χ3n) is 6.51. The molecule has 35 heavy (non-hydrogen) atoms. The Morgan fingerprint density at radius 2 is 1.60 bits per heavy atom. The second-order valence-electron chi connectivity index (χ2n) is 9.39. The average molecular weight is 511 g/mol. The molecule has 0 saturated carbocycles. The Kier molecular flexibility index (Phi) is 7.95. The zero-order valence-electron chi connectivity index (χ0n) is 20.1. The number of carbonyl (C=O) groups is 1. The fourth-order valence-electron chi connectivity index (χ4n) is 4.39. The van der Waals surface area contributed by atoms with Crippen LogP contribution in [0.4, 0.5) is 5.69 Å². The predicted octanol–water partition coefficient (Wildman–Crippen LogP) is 6.15. The lowest BCUT2D eigenvalue weighted by Crippen LogP contribution is -2.32. The molecular weight excluding hydrogens is 480 g/mol. The molecule has 0 atom stereocenters. The van der Waals surface area contributed by atoms with Crippen LogP contribution in [0.25, 0.3) is 0 Å². The van der Waals surface area contributed by atoms with E-state index in [1.54, 1.807) is 42.5 Å². The number of sulfone groups is 1. The third kappa shape index (κ3) is 6.13. The summed E-state index contributed by atoms with van der Waals surface area (Å²) in [5.41, 5.74) is 2.96. The molecule has 0 spiro atoms. The second kappa shape index (κ2) is 10.9. The second-order valence-corrected chi connectivity index (χ2v) is 11.7. The van der Waals surface area contributed by atoms with Crippen molar-refractivity contribution in [3.8, 4) is 0 Å². The molecule has 0 aliphatic carbocycles. The molecule has 3 aromatic rings. The summed E-state index contributed by atoms with van der Waals surface area (Å²) in [7, 11) is -3.50. The number of amides is 1. The summed E-state index contributed by atoms with van der Waals surface area (Å²) < 4.78 is 25.6. The summed E-state index contributed by atoms with van der Waals surface area (Å²) in [4.78, 5) is 15.1. The Labute approximate surface area is 213 Å². The topological polar surface area (TPSA) is 66.5 Å². The van der Waals surface area contributed by atoms with Gasteiger partial charge in [-0.25, -0.2) is 8.42 Å². The number of halogens is 1. The molecule has 0 aromatic heterocycles. The van der Waals surface area contributed by atoms with Gasteiger partial charge in [-0.3, -0.25) is 9.69 Å². The number of rotatable bonds is 7. The minimum absolute atomic E-state index is 0.00400. The van der Waals surface area contributed by atoms with Gasteiger partial charge in [-0.1, -0.05) is 55.8 Å². The van der Waals surface area contributed by atoms with E-state index in [1.807, 2.05) is 44.2 Å². The average Bonchev–Trinajstić information content (AvgIpc) is 2.86. The molecule has 0 bridgehead atoms. The van der Waals surface area contributed by atoms with Crippen LogP contribution in [0.15, 0.2) is 82.6 Å². The fraction of sp³-hybridized carbons (Fsp3) is 0.321. The first-order chi connectivity index (χ1) is 16.7. The largest absolute Gasteiger partial charge is 0.326 e. The first-order valence-electron chi connectivity index (χ1n) is 12.0. The monoisotopic (exact) mass is 510 g/mol. The van der Waals surface area contributed by atoms with Gasteiger partial charge in [0.1, 0.15) is 0 Å². The molecule has 1 saturated heterocycles. The third-order valence-corrected chi connectivity index (χ3v) is 8.64. The predicted molar refractivity (Wildman–Crippen MR) is 141 cm³/mol. The molecule has 1 aliphatic rings. The molecule has 7 heteroatoms. The lowest BCUT2D eigenvalue weighted by molar-refractivity contribution is -0.118. The summed E-state index contributed by atoms with van der Waals surface area (Å²) in [6.07, 6.45) is 1.95. The number of likely N-dealkylation sites (tertiary alicyclic amines) is 1. The lowest BCUT2D eigenvalue weighted by atomic mass is 9.89. The van der Waals surface area contributed by atoms with Crippen LogP contribution in [0.3, 0.4) is 0 Å². The van der Waals surface area contributed by atoms with E-state index in [-0.39, 0.29) is 11.8 Å². The van der Waals surface area contributed by atoms with Gasteiger partial charge in [0.15, 0.2) is 0 Å². The van der Waals surface area contributed by atoms with Crippen molar-refractivity contribution in [3.05, 3.63) is 88.9 Å². The van der Waals surface area contributed by atoms with Crippen LogP contribution in [-0.2, 0) is 21.2 Å². The van der Waals surface area contributed by atoms with Crippen LogP contribution in [0.1, 0.15) is 43.7 Å². The van der Waals surface area contributed by atoms with Gasteiger partial charge in [-0.2, -0.15) is 0 Å². The van der Waals surface area contributed by atoms with E-state index in [2.05, 4.69) is 10.2 Å². The fourth-order valence-corrected chi connectivity index (χ4v) is 5.94. The number of nitrogens with zero attached hydrogens (tertiary/aromatic N) is 1. The summed E-state index contributed by atoms with van der Waals surface area (Å²) in [5, 5.41) is 3.70. The Bertz CT molecular complexity index is 1270. The maximum absolute atomic E-state index is 12.8. The highest BCUT2D eigenvalue weighted by Crippen LogP contribution is 2.35. The van der Waals surface area contributed by atoms with Crippen LogP contribution < -0.4 is 5.32 Å². The molecule has 0 unspecified atom stereocenters. The van der Waals surface area contributed by atoms with E-state index in [0.717, 1.165) is 54.3 Å². The number of benzene rings is 3. The van der Waals surface area contributed by atoms with Crippen molar-refractivity contribution in [1.82, 2.24) is 4.90 Å². The van der Waals surface area contributed by atoms with Gasteiger partial charge in [0, 0.05) is 23.2 Å². The van der Waals surface area contributed by atoms with Gasteiger partial charge in [0.25, 0.3) is 0 Å². The Hall–Kier alpha value is -2.67. The van der Waals surface area contributed by atoms with Gasteiger partial charge in [0.05, 0.1) is 9.79 Å². The maximum Gasteiger partial charge on any atom is 0.226 e. The molecule has 1 aliphatic heterocycles. The molecule has 3 aromatic carbocycles. The van der Waals surface area contributed by atoms with Crippen molar-refractivity contribution in [2.75, 3.05) is 18.4 Å². The minimum Gasteiger partial charge on any atom is -0.326 e. The van der Waals surface area contributed by atoms with E-state index in [1.165, 1.54) is 0 Å². The summed E-state index contributed by atoms with van der Waals surface area (Å²) >= 11 is 6.52. The first-order valence-corrected chi connectivity index (χ1v) is 13.8. The van der Waals surface area contributed by atoms with Gasteiger partial charge in [0.2, 0.25) is 15.7 Å². The van der Waals surface area contributed by atoms with Crippen molar-refractivity contribution in [2.45, 2.75) is 48.9 Å². The number of hydrogen-bond donors (Lipinski definition) is 1. The molecule has 184 valence electrons. The van der Waals surface area contributed by atoms with Gasteiger partial charge in [-0.15, -0.1) is 0 Å². The van der Waals surface area contributed by atoms with E-state index < -0.39 is 9.84 Å². The first kappa shape index (κ1) is 25.4. The minimum atomic E-state index is -3.50. The Morgan fingerprint density at radius 1 is 0.971 bits per heavy atom. The molecule has 1 amide bonds. The zero-order valence-corrected chi connectivity index (χ0v) is 21.6. The van der Waals surface area contributed by atoms with Crippen molar-refractivity contribution < 1.29 is 13.2 Å². The van der Waals surface area contributed by atoms with E-state index in [0.29, 0.717) is 15.7 Å². The number of hydrogen-bond acceptors (Lipinski definition) is 4.